The summed E-state index contributed by atoms with van der Waals surface area (Å²) >= 11 is 3.13. The first kappa shape index (κ1) is 20.2. The average Bonchev–Trinajstić information content (AvgIpc) is 3.17. The van der Waals surface area contributed by atoms with E-state index in [4.69, 9.17) is 0 Å². The zero-order valence-corrected chi connectivity index (χ0v) is 17.7. The predicted molar refractivity (Wildman–Crippen MR) is 104 cm³/mol. The Morgan fingerprint density at radius 2 is 1.52 bits per heavy atom. The minimum absolute atomic E-state index is 0.0424. The van der Waals surface area contributed by atoms with Crippen molar-refractivity contribution in [2.45, 2.75) is 22.6 Å². The molecule has 0 amide bonds. The Morgan fingerprint density at radius 3 is 2.07 bits per heavy atom. The third kappa shape index (κ3) is 3.89. The molecule has 10 heteroatoms. The van der Waals surface area contributed by atoms with Crippen molar-refractivity contribution in [3.05, 3.63) is 52.8 Å². The summed E-state index contributed by atoms with van der Waals surface area (Å²) in [6, 6.07) is 9.06. The second-order valence-electron chi connectivity index (χ2n) is 6.15. The second-order valence-corrected chi connectivity index (χ2v) is 11.0. The summed E-state index contributed by atoms with van der Waals surface area (Å²) in [7, 11) is -6.42. The Kier molecular flexibility index (Phi) is 5.62. The lowest BCUT2D eigenvalue weighted by atomic mass is 10.3. The van der Waals surface area contributed by atoms with Gasteiger partial charge >= 0.3 is 0 Å². The van der Waals surface area contributed by atoms with Crippen molar-refractivity contribution in [1.82, 2.24) is 4.31 Å². The van der Waals surface area contributed by atoms with E-state index >= 15 is 0 Å². The molecule has 1 saturated heterocycles. The molecule has 0 saturated carbocycles. The molecule has 2 aromatic rings. The first-order valence-corrected chi connectivity index (χ1v) is 11.9. The maximum Gasteiger partial charge on any atom is 0.264 e. The molecule has 0 unspecified atom stereocenters. The molecule has 0 radical (unpaired) electrons. The van der Waals surface area contributed by atoms with E-state index in [2.05, 4.69) is 15.9 Å². The van der Waals surface area contributed by atoms with Crippen LogP contribution in [0.25, 0.3) is 0 Å². The molecular weight excluding hydrogens is 459 g/mol. The summed E-state index contributed by atoms with van der Waals surface area (Å²) in [5.41, 5.74) is -0.105. The van der Waals surface area contributed by atoms with Gasteiger partial charge in [0.2, 0.25) is 10.0 Å². The van der Waals surface area contributed by atoms with Crippen LogP contribution in [0.5, 0.6) is 0 Å². The Labute approximate surface area is 166 Å². The number of benzene rings is 2. The van der Waals surface area contributed by atoms with Crippen LogP contribution in [0.3, 0.4) is 0 Å². The number of rotatable bonds is 5. The Hall–Kier alpha value is -1.49. The smallest absolute Gasteiger partial charge is 0.264 e. The summed E-state index contributed by atoms with van der Waals surface area (Å²) in [6.45, 7) is 0.932. The second kappa shape index (κ2) is 7.50. The molecule has 0 atom stereocenters. The highest BCUT2D eigenvalue weighted by molar-refractivity contribution is 9.10. The van der Waals surface area contributed by atoms with E-state index in [-0.39, 0.29) is 15.5 Å². The highest BCUT2D eigenvalue weighted by Gasteiger charge is 2.28. The molecule has 0 N–H and O–H groups in total. The van der Waals surface area contributed by atoms with Crippen molar-refractivity contribution in [3.8, 4) is 0 Å². The van der Waals surface area contributed by atoms with E-state index in [1.54, 1.807) is 0 Å². The molecule has 0 aliphatic carbocycles. The normalized spacial score (nSPS) is 15.8. The van der Waals surface area contributed by atoms with Crippen LogP contribution >= 0.6 is 15.9 Å². The van der Waals surface area contributed by atoms with Crippen LogP contribution in [0.4, 0.5) is 10.1 Å². The van der Waals surface area contributed by atoms with Crippen molar-refractivity contribution in [2.75, 3.05) is 24.4 Å². The van der Waals surface area contributed by atoms with Crippen molar-refractivity contribution in [1.29, 1.82) is 0 Å². The lowest BCUT2D eigenvalue weighted by Gasteiger charge is -2.21. The molecule has 146 valence electrons. The monoisotopic (exact) mass is 476 g/mol. The van der Waals surface area contributed by atoms with Gasteiger partial charge in [-0.15, -0.1) is 0 Å². The number of hydrogen-bond donors (Lipinski definition) is 0. The van der Waals surface area contributed by atoms with Crippen molar-refractivity contribution in [2.24, 2.45) is 0 Å². The molecule has 0 spiro atoms. The molecule has 2 aromatic carbocycles. The molecular formula is C17H18BrFN2O4S2. The fraction of sp³-hybridized carbons (Fsp3) is 0.294. The Morgan fingerprint density at radius 1 is 0.963 bits per heavy atom. The van der Waals surface area contributed by atoms with E-state index in [0.717, 1.165) is 17.1 Å². The number of halogens is 2. The topological polar surface area (TPSA) is 74.8 Å². The molecule has 1 heterocycles. The van der Waals surface area contributed by atoms with Crippen molar-refractivity contribution < 1.29 is 21.2 Å². The van der Waals surface area contributed by atoms with E-state index in [9.17, 15) is 21.2 Å². The quantitative estimate of drug-likeness (QED) is 0.663. The maximum absolute atomic E-state index is 14.1. The Balaban J connectivity index is 1.91. The molecule has 1 fully saturated rings. The molecule has 0 aromatic heterocycles. The van der Waals surface area contributed by atoms with E-state index < -0.39 is 25.9 Å². The summed E-state index contributed by atoms with van der Waals surface area (Å²) in [4.78, 5) is -0.0754. The van der Waals surface area contributed by atoms with Gasteiger partial charge < -0.3 is 0 Å². The van der Waals surface area contributed by atoms with Crippen LogP contribution in [0.2, 0.25) is 0 Å². The van der Waals surface area contributed by atoms with Crippen molar-refractivity contribution in [3.63, 3.8) is 0 Å². The summed E-state index contributed by atoms with van der Waals surface area (Å²) in [6.07, 6.45) is 1.63. The first-order valence-electron chi connectivity index (χ1n) is 8.18. The van der Waals surface area contributed by atoms with Crippen LogP contribution < -0.4 is 4.31 Å². The number of anilines is 1. The van der Waals surface area contributed by atoms with E-state index in [1.807, 2.05) is 0 Å². The lowest BCUT2D eigenvalue weighted by Crippen LogP contribution is -2.29. The van der Waals surface area contributed by atoms with Crippen LogP contribution in [-0.2, 0) is 20.0 Å². The summed E-state index contributed by atoms with van der Waals surface area (Å²) < 4.78 is 67.5. The number of nitrogens with zero attached hydrogens (tertiary/aromatic N) is 2. The zero-order valence-electron chi connectivity index (χ0n) is 14.5. The molecule has 0 bridgehead atoms. The van der Waals surface area contributed by atoms with Gasteiger partial charge in [-0.2, -0.15) is 4.31 Å². The van der Waals surface area contributed by atoms with E-state index in [0.29, 0.717) is 17.6 Å². The molecule has 3 rings (SSSR count). The fourth-order valence-corrected chi connectivity index (χ4v) is 5.94. The highest BCUT2D eigenvalue weighted by atomic mass is 79.9. The van der Waals surface area contributed by atoms with Gasteiger partial charge in [-0.3, -0.25) is 4.31 Å². The number of hydrogen-bond acceptors (Lipinski definition) is 4. The van der Waals surface area contributed by atoms with Crippen LogP contribution in [-0.4, -0.2) is 41.3 Å². The van der Waals surface area contributed by atoms with Gasteiger partial charge in [0.05, 0.1) is 15.5 Å². The van der Waals surface area contributed by atoms with Gasteiger partial charge in [-0.25, -0.2) is 21.2 Å². The average molecular weight is 477 g/mol. The summed E-state index contributed by atoms with van der Waals surface area (Å²) in [5.74, 6) is -0.691. The Bertz CT molecular complexity index is 1050. The predicted octanol–water partition coefficient (Wildman–Crippen LogP) is 3.20. The van der Waals surface area contributed by atoms with Crippen LogP contribution in [0, 0.1) is 5.82 Å². The largest absolute Gasteiger partial charge is 0.266 e. The SMILES string of the molecule is CN(c1ccc(Br)cc1F)S(=O)(=O)c1ccc(S(=O)(=O)N2CCCC2)cc1. The molecule has 1 aliphatic rings. The standard InChI is InChI=1S/C17H18BrFN2O4S2/c1-20(17-9-4-13(18)12-16(17)19)26(22,23)14-5-7-15(8-6-14)27(24,25)21-10-2-3-11-21/h4-9,12H,2-3,10-11H2,1H3. The van der Waals surface area contributed by atoms with Crippen molar-refractivity contribution >= 4 is 41.7 Å². The molecule has 27 heavy (non-hydrogen) atoms. The van der Waals surface area contributed by atoms with Gasteiger partial charge in [-0.1, -0.05) is 15.9 Å². The van der Waals surface area contributed by atoms with Gasteiger partial charge in [0.15, 0.2) is 0 Å². The highest BCUT2D eigenvalue weighted by Crippen LogP contribution is 2.28. The van der Waals surface area contributed by atoms with Gasteiger partial charge in [0, 0.05) is 24.6 Å². The van der Waals surface area contributed by atoms with Crippen LogP contribution in [0.1, 0.15) is 12.8 Å². The minimum Gasteiger partial charge on any atom is -0.266 e. The lowest BCUT2D eigenvalue weighted by molar-refractivity contribution is 0.477. The zero-order chi connectivity index (χ0) is 19.8. The molecule has 1 aliphatic heterocycles. The van der Waals surface area contributed by atoms with Gasteiger partial charge in [0.1, 0.15) is 5.82 Å². The first-order chi connectivity index (χ1) is 12.6. The molecule has 6 nitrogen and oxygen atoms in total. The summed E-state index contributed by atoms with van der Waals surface area (Å²) in [5, 5.41) is 0. The van der Waals surface area contributed by atoms with E-state index in [1.165, 1.54) is 53.8 Å². The fourth-order valence-electron chi connectivity index (χ4n) is 2.89. The third-order valence-corrected chi connectivity index (χ3v) is 8.63. The van der Waals surface area contributed by atoms with Gasteiger partial charge in [-0.05, 0) is 55.3 Å². The minimum atomic E-state index is -4.04. The maximum atomic E-state index is 14.1. The van der Waals surface area contributed by atoms with Gasteiger partial charge in [0.25, 0.3) is 10.0 Å². The number of sulfonamides is 2. The van der Waals surface area contributed by atoms with Crippen LogP contribution in [0.15, 0.2) is 56.7 Å². The third-order valence-electron chi connectivity index (χ3n) is 4.43.